The average molecular weight is 346 g/mol. The van der Waals surface area contributed by atoms with E-state index in [9.17, 15) is 9.50 Å². The van der Waals surface area contributed by atoms with Gasteiger partial charge in [-0.25, -0.2) is 4.39 Å². The van der Waals surface area contributed by atoms with E-state index in [1.54, 1.807) is 0 Å². The molecule has 0 aromatic heterocycles. The van der Waals surface area contributed by atoms with Gasteiger partial charge in [-0.1, -0.05) is 54.1 Å². The third kappa shape index (κ3) is 4.23. The molecule has 3 atom stereocenters. The molecule has 0 fully saturated rings. The van der Waals surface area contributed by atoms with E-state index in [1.165, 1.54) is 12.1 Å². The summed E-state index contributed by atoms with van der Waals surface area (Å²) in [7, 11) is 0. The molecule has 1 unspecified atom stereocenters. The molecule has 0 heterocycles. The molecule has 1 aliphatic rings. The smallest absolute Gasteiger partial charge is 0.123 e. The van der Waals surface area contributed by atoms with Crippen LogP contribution in [0.2, 0.25) is 5.02 Å². The van der Waals surface area contributed by atoms with Crippen LogP contribution in [0.4, 0.5) is 4.39 Å². The first-order valence-electron chi connectivity index (χ1n) is 8.20. The largest absolute Gasteiger partial charge is 0.396 e. The molecule has 2 N–H and O–H groups in total. The van der Waals surface area contributed by atoms with Crippen molar-refractivity contribution in [1.82, 2.24) is 5.32 Å². The van der Waals surface area contributed by atoms with E-state index in [0.717, 1.165) is 29.0 Å². The van der Waals surface area contributed by atoms with Crippen molar-refractivity contribution in [3.63, 3.8) is 0 Å². The van der Waals surface area contributed by atoms with Crippen molar-refractivity contribution in [2.24, 2.45) is 5.92 Å². The van der Waals surface area contributed by atoms with E-state index in [2.05, 4.69) is 17.5 Å². The van der Waals surface area contributed by atoms with Crippen LogP contribution in [0, 0.1) is 11.7 Å². The second-order valence-electron chi connectivity index (χ2n) is 6.24. The number of hydrogen-bond acceptors (Lipinski definition) is 2. The van der Waals surface area contributed by atoms with Crippen LogP contribution in [0.5, 0.6) is 0 Å². The van der Waals surface area contributed by atoms with Crippen LogP contribution in [0.25, 0.3) is 0 Å². The van der Waals surface area contributed by atoms with Crippen molar-refractivity contribution in [3.8, 4) is 0 Å². The van der Waals surface area contributed by atoms with E-state index in [-0.39, 0.29) is 30.4 Å². The summed E-state index contributed by atoms with van der Waals surface area (Å²) in [6.07, 6.45) is 5.76. The minimum atomic E-state index is -0.231. The van der Waals surface area contributed by atoms with Crippen LogP contribution >= 0.6 is 11.6 Å². The highest BCUT2D eigenvalue weighted by Crippen LogP contribution is 2.28. The van der Waals surface area contributed by atoms with Gasteiger partial charge in [0.2, 0.25) is 0 Å². The highest BCUT2D eigenvalue weighted by molar-refractivity contribution is 6.31. The molecular formula is C20H21ClFNO. The third-order valence-corrected chi connectivity index (χ3v) is 4.80. The Labute approximate surface area is 147 Å². The predicted octanol–water partition coefficient (Wildman–Crippen LogP) is 4.29. The van der Waals surface area contributed by atoms with Gasteiger partial charge in [0, 0.05) is 29.6 Å². The van der Waals surface area contributed by atoms with Crippen LogP contribution in [0.15, 0.2) is 60.7 Å². The molecule has 0 amide bonds. The van der Waals surface area contributed by atoms with Crippen LogP contribution in [0.3, 0.4) is 0 Å². The zero-order chi connectivity index (χ0) is 16.9. The first kappa shape index (κ1) is 17.2. The molecule has 2 aromatic carbocycles. The quantitative estimate of drug-likeness (QED) is 0.765. The maximum atomic E-state index is 13.2. The normalized spacial score (nSPS) is 21.1. The number of rotatable bonds is 6. The summed E-state index contributed by atoms with van der Waals surface area (Å²) in [5.74, 6) is -0.0225. The molecule has 4 heteroatoms. The molecule has 3 rings (SSSR count). The second kappa shape index (κ2) is 7.93. The first-order chi connectivity index (χ1) is 11.7. The zero-order valence-corrected chi connectivity index (χ0v) is 14.1. The van der Waals surface area contributed by atoms with Crippen LogP contribution in [-0.4, -0.2) is 17.8 Å². The number of nitrogens with one attached hydrogen (secondary N) is 1. The molecule has 2 aromatic rings. The van der Waals surface area contributed by atoms with E-state index >= 15 is 0 Å². The first-order valence-corrected chi connectivity index (χ1v) is 8.57. The van der Waals surface area contributed by atoms with Crippen LogP contribution in [-0.2, 0) is 6.42 Å². The number of halogens is 2. The Balaban J connectivity index is 1.80. The Morgan fingerprint density at radius 2 is 1.88 bits per heavy atom. The van der Waals surface area contributed by atoms with Crippen molar-refractivity contribution in [2.45, 2.75) is 24.9 Å². The van der Waals surface area contributed by atoms with Gasteiger partial charge >= 0.3 is 0 Å². The zero-order valence-electron chi connectivity index (χ0n) is 13.3. The standard InChI is InChI=1S/C20H21ClFNO/c21-19-4-2-1-3-18(19)20(12-14-5-8-16(22)9-6-14)23-17-10-7-15(11-17)13-24/h1-10,15,17,20,23-24H,11-13H2/t15-,17+,20?/m0/s1. The predicted molar refractivity (Wildman–Crippen MR) is 95.6 cm³/mol. The van der Waals surface area contributed by atoms with E-state index in [4.69, 9.17) is 11.6 Å². The lowest BCUT2D eigenvalue weighted by Crippen LogP contribution is -2.32. The van der Waals surface area contributed by atoms with Crippen LogP contribution < -0.4 is 5.32 Å². The lowest BCUT2D eigenvalue weighted by molar-refractivity contribution is 0.244. The Kier molecular flexibility index (Phi) is 5.67. The third-order valence-electron chi connectivity index (χ3n) is 4.46. The number of aliphatic hydroxyl groups excluding tert-OH is 1. The highest BCUT2D eigenvalue weighted by atomic mass is 35.5. The van der Waals surface area contributed by atoms with Crippen molar-refractivity contribution in [3.05, 3.63) is 82.6 Å². The minimum Gasteiger partial charge on any atom is -0.396 e. The van der Waals surface area contributed by atoms with E-state index in [1.807, 2.05) is 36.4 Å². The van der Waals surface area contributed by atoms with Gasteiger partial charge in [-0.05, 0) is 42.2 Å². The molecule has 1 aliphatic carbocycles. The summed E-state index contributed by atoms with van der Waals surface area (Å²) in [4.78, 5) is 0. The molecular weight excluding hydrogens is 325 g/mol. The van der Waals surface area contributed by atoms with Gasteiger partial charge in [-0.15, -0.1) is 0 Å². The molecule has 0 aliphatic heterocycles. The molecule has 0 spiro atoms. The lowest BCUT2D eigenvalue weighted by Gasteiger charge is -2.24. The molecule has 0 saturated heterocycles. The Morgan fingerprint density at radius 1 is 1.12 bits per heavy atom. The Bertz CT molecular complexity index is 701. The monoisotopic (exact) mass is 345 g/mol. The van der Waals surface area contributed by atoms with Gasteiger partial charge in [-0.3, -0.25) is 0 Å². The van der Waals surface area contributed by atoms with Crippen molar-refractivity contribution >= 4 is 11.6 Å². The van der Waals surface area contributed by atoms with Crippen molar-refractivity contribution in [2.75, 3.05) is 6.61 Å². The fourth-order valence-corrected chi connectivity index (χ4v) is 3.43. The van der Waals surface area contributed by atoms with Crippen LogP contribution in [0.1, 0.15) is 23.6 Å². The van der Waals surface area contributed by atoms with E-state index in [0.29, 0.717) is 0 Å². The summed E-state index contributed by atoms with van der Waals surface area (Å²) in [6.45, 7) is 0.170. The van der Waals surface area contributed by atoms with Gasteiger partial charge in [0.05, 0.1) is 0 Å². The molecule has 0 bridgehead atoms. The minimum absolute atomic E-state index is 0.0243. The Morgan fingerprint density at radius 3 is 2.54 bits per heavy atom. The molecule has 0 radical (unpaired) electrons. The maximum Gasteiger partial charge on any atom is 0.123 e. The van der Waals surface area contributed by atoms with Gasteiger partial charge in [0.25, 0.3) is 0 Å². The van der Waals surface area contributed by atoms with Gasteiger partial charge in [0.15, 0.2) is 0 Å². The fourth-order valence-electron chi connectivity index (χ4n) is 3.16. The SMILES string of the molecule is OC[C@H]1C=C[C@@H](NC(Cc2ccc(F)cc2)c2ccccc2Cl)C1. The Hall–Kier alpha value is -1.68. The van der Waals surface area contributed by atoms with Gasteiger partial charge in [0.1, 0.15) is 5.82 Å². The molecule has 24 heavy (non-hydrogen) atoms. The second-order valence-corrected chi connectivity index (χ2v) is 6.65. The highest BCUT2D eigenvalue weighted by Gasteiger charge is 2.23. The summed E-state index contributed by atoms with van der Waals surface area (Å²) in [5, 5.41) is 13.6. The maximum absolute atomic E-state index is 13.2. The summed E-state index contributed by atoms with van der Waals surface area (Å²) in [5.41, 5.74) is 2.08. The number of aliphatic hydroxyl groups is 1. The number of benzene rings is 2. The summed E-state index contributed by atoms with van der Waals surface area (Å²) >= 11 is 6.39. The van der Waals surface area contributed by atoms with Crippen molar-refractivity contribution in [1.29, 1.82) is 0 Å². The molecule has 0 saturated carbocycles. The summed E-state index contributed by atoms with van der Waals surface area (Å²) < 4.78 is 13.2. The lowest BCUT2D eigenvalue weighted by atomic mass is 9.97. The van der Waals surface area contributed by atoms with Gasteiger partial charge < -0.3 is 10.4 Å². The summed E-state index contributed by atoms with van der Waals surface area (Å²) in [6, 6.07) is 14.6. The van der Waals surface area contributed by atoms with E-state index < -0.39 is 0 Å². The van der Waals surface area contributed by atoms with Crippen molar-refractivity contribution < 1.29 is 9.50 Å². The van der Waals surface area contributed by atoms with Gasteiger partial charge in [-0.2, -0.15) is 0 Å². The average Bonchev–Trinajstić information content (AvgIpc) is 3.04. The topological polar surface area (TPSA) is 32.3 Å². The molecule has 126 valence electrons. The fraction of sp³-hybridized carbons (Fsp3) is 0.300. The number of hydrogen-bond donors (Lipinski definition) is 2. The molecule has 2 nitrogen and oxygen atoms in total.